The van der Waals surface area contributed by atoms with Crippen molar-refractivity contribution < 1.29 is 9.59 Å². The highest BCUT2D eigenvalue weighted by Gasteiger charge is 2.15. The van der Waals surface area contributed by atoms with Crippen LogP contribution in [0.5, 0.6) is 0 Å². The fourth-order valence-electron chi connectivity index (χ4n) is 1.64. The molecule has 0 spiro atoms. The summed E-state index contributed by atoms with van der Waals surface area (Å²) in [5, 5.41) is 5.18. The first-order valence-corrected chi connectivity index (χ1v) is 6.12. The maximum atomic E-state index is 11.3. The number of para-hydroxylation sites is 1. The zero-order valence-corrected chi connectivity index (χ0v) is 10.9. The van der Waals surface area contributed by atoms with Crippen LogP contribution in [0.4, 0.5) is 0 Å². The quantitative estimate of drug-likeness (QED) is 0.510. The third-order valence-corrected chi connectivity index (χ3v) is 2.62. The molecular weight excluding hydrogens is 276 g/mol. The number of aromatic amines is 1. The average molecular weight is 288 g/mol. The molecule has 108 valence electrons. The number of aromatic nitrogens is 2. The first kappa shape index (κ1) is 14.4. The van der Waals surface area contributed by atoms with Gasteiger partial charge in [-0.1, -0.05) is 12.1 Å². The second kappa shape index (κ2) is 6.42. The summed E-state index contributed by atoms with van der Waals surface area (Å²) in [4.78, 5) is 48.8. The van der Waals surface area contributed by atoms with E-state index in [1.807, 2.05) is 0 Å². The molecule has 1 saturated heterocycles. The van der Waals surface area contributed by atoms with Crippen molar-refractivity contribution in [3.8, 4) is 0 Å². The zero-order valence-electron chi connectivity index (χ0n) is 10.9. The lowest BCUT2D eigenvalue weighted by atomic mass is 10.2. The second-order valence-electron chi connectivity index (χ2n) is 4.11. The van der Waals surface area contributed by atoms with Gasteiger partial charge in [-0.05, 0) is 12.1 Å². The van der Waals surface area contributed by atoms with Gasteiger partial charge in [0.1, 0.15) is 0 Å². The molecule has 3 rings (SSSR count). The fourth-order valence-corrected chi connectivity index (χ4v) is 1.64. The predicted octanol–water partition coefficient (Wildman–Crippen LogP) is -1.48. The Morgan fingerprint density at radius 2 is 1.52 bits per heavy atom. The molecule has 1 fully saturated rings. The Kier molecular flexibility index (Phi) is 4.39. The summed E-state index contributed by atoms with van der Waals surface area (Å²) >= 11 is 0. The van der Waals surface area contributed by atoms with Crippen LogP contribution in [0.1, 0.15) is 0 Å². The Morgan fingerprint density at radius 3 is 2.14 bits per heavy atom. The minimum absolute atomic E-state index is 0.377. The fraction of sp³-hybridized carbons (Fsp3) is 0.154. The van der Waals surface area contributed by atoms with Crippen molar-refractivity contribution in [1.29, 1.82) is 0 Å². The van der Waals surface area contributed by atoms with Gasteiger partial charge in [-0.25, -0.2) is 4.98 Å². The van der Waals surface area contributed by atoms with Crippen molar-refractivity contribution >= 4 is 22.7 Å². The maximum absolute atomic E-state index is 11.3. The number of nitrogens with zero attached hydrogens (tertiary/aromatic N) is 1. The van der Waals surface area contributed by atoms with E-state index in [2.05, 4.69) is 20.6 Å². The molecule has 3 N–H and O–H groups in total. The second-order valence-corrected chi connectivity index (χ2v) is 4.11. The van der Waals surface area contributed by atoms with Gasteiger partial charge in [0, 0.05) is 13.1 Å². The summed E-state index contributed by atoms with van der Waals surface area (Å²) in [6, 6.07) is 6.77. The van der Waals surface area contributed by atoms with E-state index in [0.29, 0.717) is 24.0 Å². The van der Waals surface area contributed by atoms with Crippen LogP contribution in [0.15, 0.2) is 40.1 Å². The van der Waals surface area contributed by atoms with Gasteiger partial charge < -0.3 is 15.6 Å². The number of hydrogen-bond donors (Lipinski definition) is 3. The molecule has 1 aromatic carbocycles. The molecule has 1 aromatic heterocycles. The first-order valence-electron chi connectivity index (χ1n) is 6.12. The maximum Gasteiger partial charge on any atom is 0.309 e. The monoisotopic (exact) mass is 288 g/mol. The SMILES string of the molecule is O=C1NCCNC1=O.O=c1cnc(=O)c2ccccc2[nH]1. The van der Waals surface area contributed by atoms with Gasteiger partial charge in [-0.3, -0.25) is 19.2 Å². The molecule has 21 heavy (non-hydrogen) atoms. The standard InChI is InChI=1S/C9H6N2O2.C4H6N2O2/c12-8-5-10-9(13)6-3-1-2-4-7(6)11-8;7-3-4(8)6-2-1-5-3/h1-5H,(H,11,12);1-2H2,(H,5,7)(H,6,8). The smallest absolute Gasteiger partial charge is 0.309 e. The van der Waals surface area contributed by atoms with Crippen LogP contribution in [-0.2, 0) is 9.59 Å². The van der Waals surface area contributed by atoms with E-state index < -0.39 is 17.4 Å². The van der Waals surface area contributed by atoms with Crippen molar-refractivity contribution in [2.45, 2.75) is 0 Å². The average Bonchev–Trinajstić information content (AvgIpc) is 2.63. The number of fused-ring (bicyclic) bond motifs is 1. The van der Waals surface area contributed by atoms with E-state index in [4.69, 9.17) is 0 Å². The largest absolute Gasteiger partial charge is 0.346 e. The molecule has 0 atom stereocenters. The van der Waals surface area contributed by atoms with Gasteiger partial charge in [0.25, 0.3) is 11.1 Å². The Balaban J connectivity index is 0.000000173. The van der Waals surface area contributed by atoms with Crippen molar-refractivity contribution in [1.82, 2.24) is 20.6 Å². The summed E-state index contributed by atoms with van der Waals surface area (Å²) in [6.07, 6.45) is 0.988. The number of amides is 2. The van der Waals surface area contributed by atoms with Crippen molar-refractivity contribution in [2.75, 3.05) is 13.1 Å². The number of benzene rings is 1. The number of piperazine rings is 1. The van der Waals surface area contributed by atoms with E-state index in [9.17, 15) is 19.2 Å². The Bertz CT molecular complexity index is 784. The molecular formula is C13H12N4O4. The van der Waals surface area contributed by atoms with Crippen molar-refractivity contribution in [3.63, 3.8) is 0 Å². The van der Waals surface area contributed by atoms with Gasteiger partial charge in [0.15, 0.2) is 0 Å². The molecule has 1 aliphatic rings. The van der Waals surface area contributed by atoms with E-state index in [1.54, 1.807) is 24.3 Å². The van der Waals surface area contributed by atoms with Gasteiger partial charge in [0.05, 0.1) is 17.1 Å². The van der Waals surface area contributed by atoms with E-state index in [1.165, 1.54) is 0 Å². The molecule has 0 saturated carbocycles. The number of hydrogen-bond acceptors (Lipinski definition) is 5. The molecule has 0 aliphatic carbocycles. The van der Waals surface area contributed by atoms with Crippen LogP contribution in [0.25, 0.3) is 10.9 Å². The summed E-state index contributed by atoms with van der Waals surface area (Å²) in [6.45, 7) is 1.09. The third-order valence-electron chi connectivity index (χ3n) is 2.62. The van der Waals surface area contributed by atoms with Crippen molar-refractivity contribution in [2.24, 2.45) is 0 Å². The lowest BCUT2D eigenvalue weighted by Gasteiger charge is -2.10. The number of carbonyl (C=O) groups excluding carboxylic acids is 2. The molecule has 0 radical (unpaired) electrons. The van der Waals surface area contributed by atoms with Crippen LogP contribution in [0, 0.1) is 0 Å². The normalized spacial score (nSPS) is 13.7. The van der Waals surface area contributed by atoms with Gasteiger partial charge >= 0.3 is 11.8 Å². The lowest BCUT2D eigenvalue weighted by Crippen LogP contribution is -2.49. The highest BCUT2D eigenvalue weighted by atomic mass is 16.2. The van der Waals surface area contributed by atoms with Crippen LogP contribution in [0.3, 0.4) is 0 Å². The number of H-pyrrole nitrogens is 1. The molecule has 2 aromatic rings. The molecule has 0 unspecified atom stereocenters. The van der Waals surface area contributed by atoms with E-state index in [-0.39, 0.29) is 5.56 Å². The number of carbonyl (C=O) groups is 2. The predicted molar refractivity (Wildman–Crippen MR) is 74.7 cm³/mol. The van der Waals surface area contributed by atoms with Gasteiger partial charge in [0.2, 0.25) is 0 Å². The molecule has 8 heteroatoms. The van der Waals surface area contributed by atoms with Crippen LogP contribution in [-0.4, -0.2) is 34.9 Å². The van der Waals surface area contributed by atoms with Crippen molar-refractivity contribution in [3.05, 3.63) is 51.2 Å². The van der Waals surface area contributed by atoms with E-state index >= 15 is 0 Å². The zero-order chi connectivity index (χ0) is 15.2. The molecule has 2 amide bonds. The highest BCUT2D eigenvalue weighted by Crippen LogP contribution is 2.01. The Hall–Kier alpha value is -3.03. The topological polar surface area (TPSA) is 121 Å². The van der Waals surface area contributed by atoms with Crippen LogP contribution < -0.4 is 21.8 Å². The van der Waals surface area contributed by atoms with Gasteiger partial charge in [-0.2, -0.15) is 0 Å². The summed E-state index contributed by atoms with van der Waals surface area (Å²) in [5.41, 5.74) is -0.262. The Morgan fingerprint density at radius 1 is 0.905 bits per heavy atom. The number of nitrogens with one attached hydrogen (secondary N) is 3. The third kappa shape index (κ3) is 3.72. The lowest BCUT2D eigenvalue weighted by molar-refractivity contribution is -0.140. The van der Waals surface area contributed by atoms with Gasteiger partial charge in [-0.15, -0.1) is 0 Å². The summed E-state index contributed by atoms with van der Waals surface area (Å²) < 4.78 is 0. The minimum atomic E-state index is -0.531. The van der Waals surface area contributed by atoms with Crippen LogP contribution in [0.2, 0.25) is 0 Å². The van der Waals surface area contributed by atoms with Crippen LogP contribution >= 0.6 is 0 Å². The molecule has 8 nitrogen and oxygen atoms in total. The number of rotatable bonds is 0. The Labute approximate surface area is 118 Å². The summed E-state index contributed by atoms with van der Waals surface area (Å²) in [7, 11) is 0. The molecule has 1 aliphatic heterocycles. The highest BCUT2D eigenvalue weighted by molar-refractivity contribution is 6.35. The molecule has 2 heterocycles. The first-order chi connectivity index (χ1) is 10.1. The van der Waals surface area contributed by atoms with E-state index in [0.717, 1.165) is 6.20 Å². The molecule has 0 bridgehead atoms. The minimum Gasteiger partial charge on any atom is -0.346 e. The summed E-state index contributed by atoms with van der Waals surface area (Å²) in [5.74, 6) is -1.06.